The van der Waals surface area contributed by atoms with E-state index < -0.39 is 0 Å². The molecule has 0 unspecified atom stereocenters. The van der Waals surface area contributed by atoms with E-state index in [-0.39, 0.29) is 11.7 Å². The molecule has 116 valence electrons. The number of hydrogen-bond donors (Lipinski definition) is 1. The smallest absolute Gasteiger partial charge is 0.223 e. The van der Waals surface area contributed by atoms with Crippen LogP contribution >= 0.6 is 11.6 Å². The van der Waals surface area contributed by atoms with Crippen LogP contribution in [-0.2, 0) is 4.79 Å². The standard InChI is InChI=1S/C18H15ClN2O2/c1-11(22)21(2)17-14-9-8-13(19)10-15(14)20-16(17)18(23)12-6-4-3-5-7-12/h3-10,20H,1-2H3. The van der Waals surface area contributed by atoms with Gasteiger partial charge in [0, 0.05) is 35.5 Å². The highest BCUT2D eigenvalue weighted by molar-refractivity contribution is 6.31. The third-order valence-electron chi connectivity index (χ3n) is 3.80. The molecule has 23 heavy (non-hydrogen) atoms. The summed E-state index contributed by atoms with van der Waals surface area (Å²) in [6.45, 7) is 1.46. The Morgan fingerprint density at radius 1 is 1.09 bits per heavy atom. The Bertz CT molecular complexity index is 900. The molecule has 2 aromatic carbocycles. The molecule has 0 saturated carbocycles. The molecule has 3 aromatic rings. The van der Waals surface area contributed by atoms with Crippen molar-refractivity contribution in [3.05, 3.63) is 64.8 Å². The number of benzene rings is 2. The van der Waals surface area contributed by atoms with Gasteiger partial charge in [-0.15, -0.1) is 0 Å². The molecule has 3 rings (SSSR count). The lowest BCUT2D eigenvalue weighted by Gasteiger charge is -2.16. The average Bonchev–Trinajstić information content (AvgIpc) is 2.92. The summed E-state index contributed by atoms with van der Waals surface area (Å²) in [5, 5.41) is 1.35. The molecule has 0 aliphatic carbocycles. The van der Waals surface area contributed by atoms with E-state index in [9.17, 15) is 9.59 Å². The monoisotopic (exact) mass is 326 g/mol. The van der Waals surface area contributed by atoms with Crippen LogP contribution < -0.4 is 4.90 Å². The van der Waals surface area contributed by atoms with Crippen molar-refractivity contribution in [3.63, 3.8) is 0 Å². The average molecular weight is 327 g/mol. The van der Waals surface area contributed by atoms with Crippen LogP contribution in [0.1, 0.15) is 23.0 Å². The minimum Gasteiger partial charge on any atom is -0.350 e. The van der Waals surface area contributed by atoms with E-state index in [1.807, 2.05) is 12.1 Å². The number of carbonyl (C=O) groups excluding carboxylic acids is 2. The topological polar surface area (TPSA) is 53.2 Å². The van der Waals surface area contributed by atoms with Crippen LogP contribution in [0.25, 0.3) is 10.9 Å². The Balaban J connectivity index is 2.25. The van der Waals surface area contributed by atoms with Gasteiger partial charge in [-0.05, 0) is 18.2 Å². The number of halogens is 1. The number of aromatic nitrogens is 1. The summed E-state index contributed by atoms with van der Waals surface area (Å²) in [5.41, 5.74) is 2.23. The summed E-state index contributed by atoms with van der Waals surface area (Å²) < 4.78 is 0. The molecule has 1 aromatic heterocycles. The quantitative estimate of drug-likeness (QED) is 0.739. The van der Waals surface area contributed by atoms with Gasteiger partial charge in [-0.2, -0.15) is 0 Å². The fourth-order valence-corrected chi connectivity index (χ4v) is 2.73. The molecule has 0 aliphatic heterocycles. The maximum atomic E-state index is 12.8. The first-order valence-electron chi connectivity index (χ1n) is 7.14. The number of fused-ring (bicyclic) bond motifs is 1. The second-order valence-electron chi connectivity index (χ2n) is 5.31. The lowest BCUT2D eigenvalue weighted by Crippen LogP contribution is -2.24. The van der Waals surface area contributed by atoms with E-state index >= 15 is 0 Å². The number of H-pyrrole nitrogens is 1. The van der Waals surface area contributed by atoms with Crippen molar-refractivity contribution in [1.82, 2.24) is 4.98 Å². The number of hydrogen-bond acceptors (Lipinski definition) is 2. The second kappa shape index (κ2) is 5.89. The van der Waals surface area contributed by atoms with E-state index in [1.165, 1.54) is 11.8 Å². The van der Waals surface area contributed by atoms with E-state index in [0.29, 0.717) is 22.0 Å². The Hall–Kier alpha value is -2.59. The van der Waals surface area contributed by atoms with Gasteiger partial charge in [-0.1, -0.05) is 41.9 Å². The number of ketones is 1. The number of amides is 1. The minimum absolute atomic E-state index is 0.150. The fourth-order valence-electron chi connectivity index (χ4n) is 2.56. The zero-order valence-electron chi connectivity index (χ0n) is 12.8. The van der Waals surface area contributed by atoms with Crippen molar-refractivity contribution in [2.45, 2.75) is 6.92 Å². The third kappa shape index (κ3) is 2.73. The van der Waals surface area contributed by atoms with Crippen LogP contribution in [-0.4, -0.2) is 23.7 Å². The van der Waals surface area contributed by atoms with Gasteiger partial charge < -0.3 is 9.88 Å². The summed E-state index contributed by atoms with van der Waals surface area (Å²) in [6.07, 6.45) is 0. The van der Waals surface area contributed by atoms with Gasteiger partial charge in [-0.3, -0.25) is 9.59 Å². The molecule has 5 heteroatoms. The van der Waals surface area contributed by atoms with Gasteiger partial charge in [0.2, 0.25) is 11.7 Å². The Morgan fingerprint density at radius 3 is 2.43 bits per heavy atom. The first kappa shape index (κ1) is 15.3. The largest absolute Gasteiger partial charge is 0.350 e. The van der Waals surface area contributed by atoms with Gasteiger partial charge in [0.1, 0.15) is 5.69 Å². The van der Waals surface area contributed by atoms with E-state index in [0.717, 1.165) is 10.9 Å². The van der Waals surface area contributed by atoms with Gasteiger partial charge in [0.25, 0.3) is 0 Å². The Labute approximate surface area is 138 Å². The highest BCUT2D eigenvalue weighted by Crippen LogP contribution is 2.33. The van der Waals surface area contributed by atoms with Crippen molar-refractivity contribution < 1.29 is 9.59 Å². The molecule has 0 atom stereocenters. The number of nitrogens with one attached hydrogen (secondary N) is 1. The van der Waals surface area contributed by atoms with Crippen molar-refractivity contribution in [3.8, 4) is 0 Å². The summed E-state index contributed by atoms with van der Waals surface area (Å²) >= 11 is 6.03. The Kier molecular flexibility index (Phi) is 3.92. The van der Waals surface area contributed by atoms with E-state index in [1.54, 1.807) is 43.4 Å². The van der Waals surface area contributed by atoms with Gasteiger partial charge in [-0.25, -0.2) is 0 Å². The van der Waals surface area contributed by atoms with Crippen molar-refractivity contribution in [2.24, 2.45) is 0 Å². The highest BCUT2D eigenvalue weighted by Gasteiger charge is 2.23. The van der Waals surface area contributed by atoms with E-state index in [4.69, 9.17) is 11.6 Å². The normalized spacial score (nSPS) is 10.7. The second-order valence-corrected chi connectivity index (χ2v) is 5.75. The lowest BCUT2D eigenvalue weighted by atomic mass is 10.1. The van der Waals surface area contributed by atoms with Crippen molar-refractivity contribution in [2.75, 3.05) is 11.9 Å². The van der Waals surface area contributed by atoms with Crippen LogP contribution in [0.3, 0.4) is 0 Å². The molecule has 0 aliphatic rings. The van der Waals surface area contributed by atoms with Gasteiger partial charge in [0.05, 0.1) is 5.69 Å². The zero-order valence-corrected chi connectivity index (χ0v) is 13.5. The van der Waals surface area contributed by atoms with Crippen LogP contribution in [0.4, 0.5) is 5.69 Å². The number of nitrogens with zero attached hydrogens (tertiary/aromatic N) is 1. The molecule has 0 radical (unpaired) electrons. The fraction of sp³-hybridized carbons (Fsp3) is 0.111. The summed E-state index contributed by atoms with van der Waals surface area (Å²) in [6, 6.07) is 14.3. The Morgan fingerprint density at radius 2 is 1.78 bits per heavy atom. The maximum Gasteiger partial charge on any atom is 0.223 e. The van der Waals surface area contributed by atoms with Crippen molar-refractivity contribution in [1.29, 1.82) is 0 Å². The lowest BCUT2D eigenvalue weighted by molar-refractivity contribution is -0.116. The molecule has 1 heterocycles. The SMILES string of the molecule is CC(=O)N(C)c1c(C(=O)c2ccccc2)[nH]c2cc(Cl)ccc12. The van der Waals surface area contributed by atoms with Crippen molar-refractivity contribution >= 4 is 39.9 Å². The van der Waals surface area contributed by atoms with Crippen LogP contribution in [0, 0.1) is 0 Å². The summed E-state index contributed by atoms with van der Waals surface area (Å²) in [5.74, 6) is -0.316. The number of anilines is 1. The first-order chi connectivity index (χ1) is 11.0. The molecule has 0 bridgehead atoms. The summed E-state index contributed by atoms with van der Waals surface area (Å²) in [4.78, 5) is 29.3. The molecule has 0 saturated heterocycles. The predicted octanol–water partition coefficient (Wildman–Crippen LogP) is 4.04. The van der Waals surface area contributed by atoms with Gasteiger partial charge in [0.15, 0.2) is 0 Å². The third-order valence-corrected chi connectivity index (χ3v) is 4.04. The van der Waals surface area contributed by atoms with Crippen LogP contribution in [0.2, 0.25) is 5.02 Å². The highest BCUT2D eigenvalue weighted by atomic mass is 35.5. The predicted molar refractivity (Wildman–Crippen MR) is 92.3 cm³/mol. The van der Waals surface area contributed by atoms with Crippen LogP contribution in [0.15, 0.2) is 48.5 Å². The number of rotatable bonds is 3. The van der Waals surface area contributed by atoms with Crippen LogP contribution in [0.5, 0.6) is 0 Å². The molecular formula is C18H15ClN2O2. The number of aromatic amines is 1. The molecule has 0 fully saturated rings. The molecule has 0 spiro atoms. The molecule has 1 amide bonds. The summed E-state index contributed by atoms with van der Waals surface area (Å²) in [7, 11) is 1.65. The minimum atomic E-state index is -0.166. The molecular weight excluding hydrogens is 312 g/mol. The molecule has 1 N–H and O–H groups in total. The maximum absolute atomic E-state index is 12.8. The first-order valence-corrected chi connectivity index (χ1v) is 7.52. The zero-order chi connectivity index (χ0) is 16.6. The van der Waals surface area contributed by atoms with E-state index in [2.05, 4.69) is 4.98 Å². The van der Waals surface area contributed by atoms with Gasteiger partial charge >= 0.3 is 0 Å². The molecule has 4 nitrogen and oxygen atoms in total. The number of carbonyl (C=O) groups is 2.